The molecule has 17 heavy (non-hydrogen) atoms. The third-order valence-electron chi connectivity index (χ3n) is 2.95. The monoisotopic (exact) mass is 252 g/mol. The summed E-state index contributed by atoms with van der Waals surface area (Å²) in [5.74, 6) is 4.67. The van der Waals surface area contributed by atoms with Crippen molar-refractivity contribution in [3.8, 4) is 0 Å². The number of anilines is 2. The first kappa shape index (κ1) is 12.5. The highest BCUT2D eigenvalue weighted by Crippen LogP contribution is 2.39. The molecule has 1 fully saturated rings. The molecule has 5 heteroatoms. The van der Waals surface area contributed by atoms with Crippen LogP contribution in [0.25, 0.3) is 0 Å². The highest BCUT2D eigenvalue weighted by molar-refractivity contribution is 7.98. The van der Waals surface area contributed by atoms with E-state index in [0.29, 0.717) is 5.92 Å². The van der Waals surface area contributed by atoms with E-state index in [1.807, 2.05) is 24.9 Å². The second-order valence-electron chi connectivity index (χ2n) is 4.41. The van der Waals surface area contributed by atoms with Crippen LogP contribution in [-0.4, -0.2) is 42.6 Å². The molecule has 0 spiro atoms. The molecular formula is C12H20N4S. The van der Waals surface area contributed by atoms with Gasteiger partial charge < -0.3 is 10.2 Å². The Hall–Kier alpha value is -0.970. The van der Waals surface area contributed by atoms with E-state index in [1.54, 1.807) is 0 Å². The summed E-state index contributed by atoms with van der Waals surface area (Å²) < 4.78 is 0. The topological polar surface area (TPSA) is 41.0 Å². The maximum absolute atomic E-state index is 4.66. The quantitative estimate of drug-likeness (QED) is 0.840. The minimum Gasteiger partial charge on any atom is -0.373 e. The van der Waals surface area contributed by atoms with Gasteiger partial charge >= 0.3 is 0 Å². The molecule has 1 aromatic heterocycles. The van der Waals surface area contributed by atoms with Gasteiger partial charge in [0.15, 0.2) is 0 Å². The fourth-order valence-corrected chi connectivity index (χ4v) is 2.10. The molecular weight excluding hydrogens is 232 g/mol. The van der Waals surface area contributed by atoms with Gasteiger partial charge in [0.05, 0.1) is 0 Å². The standard InChI is InChI=1S/C12H20N4S/c1-13-10-8-11(16(2)6-7-17-3)15-12(14-10)9-4-5-9/h8-9H,4-7H2,1-3H3,(H,13,14,15). The van der Waals surface area contributed by atoms with E-state index >= 15 is 0 Å². The first-order valence-electron chi connectivity index (χ1n) is 6.01. The number of aromatic nitrogens is 2. The minimum absolute atomic E-state index is 0.594. The largest absolute Gasteiger partial charge is 0.373 e. The van der Waals surface area contributed by atoms with Gasteiger partial charge in [0.25, 0.3) is 0 Å². The number of hydrogen-bond acceptors (Lipinski definition) is 5. The van der Waals surface area contributed by atoms with Crippen molar-refractivity contribution in [2.45, 2.75) is 18.8 Å². The molecule has 4 nitrogen and oxygen atoms in total. The summed E-state index contributed by atoms with van der Waals surface area (Å²) in [5.41, 5.74) is 0. The van der Waals surface area contributed by atoms with Gasteiger partial charge in [-0.25, -0.2) is 9.97 Å². The fraction of sp³-hybridized carbons (Fsp3) is 0.667. The van der Waals surface area contributed by atoms with Crippen LogP contribution >= 0.6 is 11.8 Å². The van der Waals surface area contributed by atoms with Crippen LogP contribution in [0.3, 0.4) is 0 Å². The fourth-order valence-electron chi connectivity index (χ4n) is 1.64. The molecule has 0 aliphatic heterocycles. The molecule has 0 radical (unpaired) electrons. The van der Waals surface area contributed by atoms with E-state index in [-0.39, 0.29) is 0 Å². The molecule has 0 unspecified atom stereocenters. The molecule has 1 aliphatic rings. The lowest BCUT2D eigenvalue weighted by Gasteiger charge is -2.19. The lowest BCUT2D eigenvalue weighted by atomic mass is 10.3. The Labute approximate surface area is 107 Å². The van der Waals surface area contributed by atoms with Crippen molar-refractivity contribution in [3.05, 3.63) is 11.9 Å². The van der Waals surface area contributed by atoms with Gasteiger partial charge in [-0.15, -0.1) is 0 Å². The average Bonchev–Trinajstić information content (AvgIpc) is 3.19. The highest BCUT2D eigenvalue weighted by Gasteiger charge is 2.27. The van der Waals surface area contributed by atoms with Gasteiger partial charge in [-0.2, -0.15) is 11.8 Å². The van der Waals surface area contributed by atoms with Crippen LogP contribution in [0.5, 0.6) is 0 Å². The lowest BCUT2D eigenvalue weighted by Crippen LogP contribution is -2.22. The maximum Gasteiger partial charge on any atom is 0.136 e. The van der Waals surface area contributed by atoms with Crippen LogP contribution in [0, 0.1) is 0 Å². The zero-order chi connectivity index (χ0) is 12.3. The van der Waals surface area contributed by atoms with Crippen LogP contribution in [0.15, 0.2) is 6.07 Å². The summed E-state index contributed by atoms with van der Waals surface area (Å²) in [7, 11) is 4.00. The highest BCUT2D eigenvalue weighted by atomic mass is 32.2. The Balaban J connectivity index is 2.16. The minimum atomic E-state index is 0.594. The van der Waals surface area contributed by atoms with Crippen LogP contribution in [-0.2, 0) is 0 Å². The van der Waals surface area contributed by atoms with Gasteiger partial charge in [0.2, 0.25) is 0 Å². The number of rotatable bonds is 6. The van der Waals surface area contributed by atoms with Crippen molar-refractivity contribution in [2.75, 3.05) is 42.9 Å². The number of nitrogens with zero attached hydrogens (tertiary/aromatic N) is 3. The predicted octanol–water partition coefficient (Wildman–Crippen LogP) is 2.19. The zero-order valence-electron chi connectivity index (χ0n) is 10.7. The first-order valence-corrected chi connectivity index (χ1v) is 7.40. The number of nitrogens with one attached hydrogen (secondary N) is 1. The van der Waals surface area contributed by atoms with Crippen molar-refractivity contribution >= 4 is 23.4 Å². The van der Waals surface area contributed by atoms with Gasteiger partial charge in [0, 0.05) is 38.4 Å². The van der Waals surface area contributed by atoms with Crippen molar-refractivity contribution < 1.29 is 0 Å². The molecule has 0 amide bonds. The van der Waals surface area contributed by atoms with Crippen molar-refractivity contribution in [3.63, 3.8) is 0 Å². The van der Waals surface area contributed by atoms with Crippen LogP contribution < -0.4 is 10.2 Å². The molecule has 0 atom stereocenters. The Bertz CT molecular complexity index is 379. The average molecular weight is 252 g/mol. The molecule has 94 valence electrons. The Morgan fingerprint density at radius 3 is 2.82 bits per heavy atom. The van der Waals surface area contributed by atoms with Crippen LogP contribution in [0.2, 0.25) is 0 Å². The smallest absolute Gasteiger partial charge is 0.136 e. The van der Waals surface area contributed by atoms with E-state index in [0.717, 1.165) is 29.8 Å². The van der Waals surface area contributed by atoms with Gasteiger partial charge in [-0.05, 0) is 19.1 Å². The Morgan fingerprint density at radius 1 is 1.47 bits per heavy atom. The number of hydrogen-bond donors (Lipinski definition) is 1. The van der Waals surface area contributed by atoms with Crippen LogP contribution in [0.4, 0.5) is 11.6 Å². The molecule has 2 rings (SSSR count). The van der Waals surface area contributed by atoms with E-state index < -0.39 is 0 Å². The second-order valence-corrected chi connectivity index (χ2v) is 5.39. The molecule has 1 saturated carbocycles. The summed E-state index contributed by atoms with van der Waals surface area (Å²) >= 11 is 1.86. The second kappa shape index (κ2) is 5.58. The maximum atomic E-state index is 4.66. The normalized spacial score (nSPS) is 14.8. The molecule has 1 aromatic rings. The van der Waals surface area contributed by atoms with E-state index in [4.69, 9.17) is 0 Å². The Kier molecular flexibility index (Phi) is 4.10. The van der Waals surface area contributed by atoms with Crippen molar-refractivity contribution in [2.24, 2.45) is 0 Å². The first-order chi connectivity index (χ1) is 8.24. The Morgan fingerprint density at radius 2 is 2.24 bits per heavy atom. The molecule has 1 heterocycles. The summed E-state index contributed by atoms with van der Waals surface area (Å²) in [5, 5.41) is 3.12. The summed E-state index contributed by atoms with van der Waals surface area (Å²) in [6.07, 6.45) is 4.60. The SMILES string of the molecule is CNc1cc(N(C)CCSC)nc(C2CC2)n1. The van der Waals surface area contributed by atoms with E-state index in [9.17, 15) is 0 Å². The third kappa shape index (κ3) is 3.25. The van der Waals surface area contributed by atoms with Gasteiger partial charge in [-0.3, -0.25) is 0 Å². The van der Waals surface area contributed by atoms with Crippen molar-refractivity contribution in [1.29, 1.82) is 0 Å². The van der Waals surface area contributed by atoms with Crippen molar-refractivity contribution in [1.82, 2.24) is 9.97 Å². The molecule has 1 aliphatic carbocycles. The summed E-state index contributed by atoms with van der Waals surface area (Å²) in [6.45, 7) is 1.02. The molecule has 0 aromatic carbocycles. The van der Waals surface area contributed by atoms with Crippen LogP contribution in [0.1, 0.15) is 24.6 Å². The molecule has 0 bridgehead atoms. The lowest BCUT2D eigenvalue weighted by molar-refractivity contribution is 0.879. The number of thioether (sulfide) groups is 1. The van der Waals surface area contributed by atoms with Gasteiger partial charge in [-0.1, -0.05) is 0 Å². The summed E-state index contributed by atoms with van der Waals surface area (Å²) in [4.78, 5) is 11.4. The summed E-state index contributed by atoms with van der Waals surface area (Å²) in [6, 6.07) is 2.02. The zero-order valence-corrected chi connectivity index (χ0v) is 11.5. The van der Waals surface area contributed by atoms with Gasteiger partial charge in [0.1, 0.15) is 17.5 Å². The van der Waals surface area contributed by atoms with E-state index in [2.05, 4.69) is 33.5 Å². The predicted molar refractivity (Wildman–Crippen MR) is 75.2 cm³/mol. The molecule has 0 saturated heterocycles. The molecule has 1 N–H and O–H groups in total. The van der Waals surface area contributed by atoms with E-state index in [1.165, 1.54) is 12.8 Å². The third-order valence-corrected chi connectivity index (χ3v) is 3.54.